The minimum Gasteiger partial charge on any atom is -0.382 e. The molecule has 0 bridgehead atoms. The van der Waals surface area contributed by atoms with Crippen LogP contribution in [0, 0.1) is 5.92 Å². The van der Waals surface area contributed by atoms with Crippen LogP contribution in [-0.4, -0.2) is 11.9 Å². The zero-order valence-electron chi connectivity index (χ0n) is 10.7. The van der Waals surface area contributed by atoms with E-state index in [-0.39, 0.29) is 5.91 Å². The molecule has 0 aliphatic carbocycles. The molecule has 1 aromatic rings. The molecule has 1 aliphatic rings. The first-order valence-corrected chi connectivity index (χ1v) is 6.29. The van der Waals surface area contributed by atoms with Gasteiger partial charge in [0, 0.05) is 23.8 Å². The topological polar surface area (TPSA) is 41.1 Å². The highest BCUT2D eigenvalue weighted by molar-refractivity contribution is 5.99. The lowest BCUT2D eigenvalue weighted by Gasteiger charge is -2.21. The molecule has 1 amide bonds. The van der Waals surface area contributed by atoms with Crippen LogP contribution >= 0.6 is 0 Å². The predicted molar refractivity (Wildman–Crippen MR) is 70.2 cm³/mol. The van der Waals surface area contributed by atoms with Gasteiger partial charge in [0.1, 0.15) is 0 Å². The van der Waals surface area contributed by atoms with Crippen molar-refractivity contribution in [3.05, 3.63) is 29.3 Å². The number of nitrogens with one attached hydrogen (secondary N) is 2. The van der Waals surface area contributed by atoms with E-state index in [1.807, 2.05) is 12.1 Å². The Hall–Kier alpha value is -1.51. The van der Waals surface area contributed by atoms with Crippen LogP contribution < -0.4 is 10.6 Å². The molecule has 0 fully saturated rings. The van der Waals surface area contributed by atoms with Gasteiger partial charge in [-0.1, -0.05) is 26.3 Å². The number of anilines is 1. The third kappa shape index (κ3) is 2.43. The SMILES string of the molecule is CC[C@H](C)[C@@H](C)Nc1ccc2c(c1)C(=O)NC2. The molecule has 1 aromatic carbocycles. The number of carbonyl (C=O) groups excluding carboxylic acids is 1. The lowest BCUT2D eigenvalue weighted by Crippen LogP contribution is -2.23. The molecule has 1 aliphatic heterocycles. The van der Waals surface area contributed by atoms with Gasteiger partial charge in [-0.3, -0.25) is 4.79 Å². The summed E-state index contributed by atoms with van der Waals surface area (Å²) < 4.78 is 0. The van der Waals surface area contributed by atoms with E-state index >= 15 is 0 Å². The fourth-order valence-corrected chi connectivity index (χ4v) is 2.06. The van der Waals surface area contributed by atoms with Crippen molar-refractivity contribution in [2.24, 2.45) is 5.92 Å². The monoisotopic (exact) mass is 232 g/mol. The van der Waals surface area contributed by atoms with E-state index in [2.05, 4.69) is 37.5 Å². The lowest BCUT2D eigenvalue weighted by atomic mass is 10.0. The van der Waals surface area contributed by atoms with Gasteiger partial charge in [-0.05, 0) is 30.5 Å². The van der Waals surface area contributed by atoms with Crippen molar-refractivity contribution in [1.29, 1.82) is 0 Å². The lowest BCUT2D eigenvalue weighted by molar-refractivity contribution is 0.0966. The van der Waals surface area contributed by atoms with Crippen LogP contribution in [0.25, 0.3) is 0 Å². The molecule has 92 valence electrons. The molecular formula is C14H20N2O. The molecule has 2 atom stereocenters. The third-order valence-corrected chi connectivity index (χ3v) is 3.69. The molecule has 3 heteroatoms. The minimum absolute atomic E-state index is 0.0415. The summed E-state index contributed by atoms with van der Waals surface area (Å²) in [4.78, 5) is 11.6. The number of hydrogen-bond donors (Lipinski definition) is 2. The van der Waals surface area contributed by atoms with E-state index in [1.165, 1.54) is 0 Å². The molecule has 2 N–H and O–H groups in total. The fraction of sp³-hybridized carbons (Fsp3) is 0.500. The molecule has 0 unspecified atom stereocenters. The summed E-state index contributed by atoms with van der Waals surface area (Å²) in [7, 11) is 0. The van der Waals surface area contributed by atoms with Crippen molar-refractivity contribution < 1.29 is 4.79 Å². The Balaban J connectivity index is 2.13. The van der Waals surface area contributed by atoms with E-state index in [4.69, 9.17) is 0 Å². The maximum absolute atomic E-state index is 11.6. The second-order valence-electron chi connectivity index (χ2n) is 4.87. The van der Waals surface area contributed by atoms with E-state index in [0.29, 0.717) is 18.5 Å². The van der Waals surface area contributed by atoms with Crippen molar-refractivity contribution in [2.45, 2.75) is 39.8 Å². The number of benzene rings is 1. The molecule has 0 spiro atoms. The van der Waals surface area contributed by atoms with Crippen LogP contribution in [0.1, 0.15) is 43.1 Å². The minimum atomic E-state index is 0.0415. The van der Waals surface area contributed by atoms with E-state index in [9.17, 15) is 4.79 Å². The summed E-state index contributed by atoms with van der Waals surface area (Å²) in [5, 5.41) is 6.30. The normalized spacial score (nSPS) is 17.2. The largest absolute Gasteiger partial charge is 0.382 e. The first-order chi connectivity index (χ1) is 8.11. The van der Waals surface area contributed by atoms with Crippen LogP contribution in [0.3, 0.4) is 0 Å². The van der Waals surface area contributed by atoms with Crippen LogP contribution in [0.2, 0.25) is 0 Å². The summed E-state index contributed by atoms with van der Waals surface area (Å²) in [5.41, 5.74) is 2.94. The highest BCUT2D eigenvalue weighted by atomic mass is 16.1. The van der Waals surface area contributed by atoms with Gasteiger partial charge in [0.15, 0.2) is 0 Å². The average Bonchev–Trinajstić information content (AvgIpc) is 2.70. The summed E-state index contributed by atoms with van der Waals surface area (Å²) >= 11 is 0. The number of hydrogen-bond acceptors (Lipinski definition) is 2. The van der Waals surface area contributed by atoms with Crippen molar-refractivity contribution >= 4 is 11.6 Å². The van der Waals surface area contributed by atoms with Gasteiger partial charge in [0.2, 0.25) is 0 Å². The van der Waals surface area contributed by atoms with Gasteiger partial charge in [0.25, 0.3) is 5.91 Å². The Labute approximate surface area is 103 Å². The Morgan fingerprint density at radius 1 is 1.41 bits per heavy atom. The summed E-state index contributed by atoms with van der Waals surface area (Å²) in [6.45, 7) is 7.27. The molecule has 3 nitrogen and oxygen atoms in total. The first kappa shape index (κ1) is 12.0. The summed E-state index contributed by atoms with van der Waals surface area (Å²) in [6, 6.07) is 6.45. The quantitative estimate of drug-likeness (QED) is 0.838. The molecule has 0 saturated carbocycles. The second-order valence-corrected chi connectivity index (χ2v) is 4.87. The highest BCUT2D eigenvalue weighted by Gasteiger charge is 2.19. The Bertz CT molecular complexity index is 428. The standard InChI is InChI=1S/C14H20N2O/c1-4-9(2)10(3)16-12-6-5-11-8-15-14(17)13(11)7-12/h5-7,9-10,16H,4,8H2,1-3H3,(H,15,17)/t9-,10+/m0/s1. The van der Waals surface area contributed by atoms with Crippen LogP contribution in [0.5, 0.6) is 0 Å². The van der Waals surface area contributed by atoms with Gasteiger partial charge in [0.05, 0.1) is 0 Å². The van der Waals surface area contributed by atoms with Gasteiger partial charge in [-0.2, -0.15) is 0 Å². The van der Waals surface area contributed by atoms with Crippen LogP contribution in [0.4, 0.5) is 5.69 Å². The van der Waals surface area contributed by atoms with Crippen LogP contribution in [-0.2, 0) is 6.54 Å². The highest BCUT2D eigenvalue weighted by Crippen LogP contribution is 2.22. The maximum Gasteiger partial charge on any atom is 0.251 e. The Kier molecular flexibility index (Phi) is 3.36. The van der Waals surface area contributed by atoms with E-state index in [1.54, 1.807) is 0 Å². The second kappa shape index (κ2) is 4.78. The first-order valence-electron chi connectivity index (χ1n) is 6.29. The zero-order valence-corrected chi connectivity index (χ0v) is 10.7. The van der Waals surface area contributed by atoms with Gasteiger partial charge >= 0.3 is 0 Å². The Morgan fingerprint density at radius 2 is 2.18 bits per heavy atom. The molecule has 2 rings (SSSR count). The van der Waals surface area contributed by atoms with E-state index < -0.39 is 0 Å². The van der Waals surface area contributed by atoms with Gasteiger partial charge in [-0.25, -0.2) is 0 Å². The average molecular weight is 232 g/mol. The van der Waals surface area contributed by atoms with E-state index in [0.717, 1.165) is 23.2 Å². The molecule has 1 heterocycles. The third-order valence-electron chi connectivity index (χ3n) is 3.69. The number of amides is 1. The maximum atomic E-state index is 11.6. The number of rotatable bonds is 4. The van der Waals surface area contributed by atoms with Crippen molar-refractivity contribution in [3.8, 4) is 0 Å². The fourth-order valence-electron chi connectivity index (χ4n) is 2.06. The predicted octanol–water partition coefficient (Wildman–Crippen LogP) is 2.78. The smallest absolute Gasteiger partial charge is 0.251 e. The molecular weight excluding hydrogens is 212 g/mol. The van der Waals surface area contributed by atoms with Gasteiger partial charge < -0.3 is 10.6 Å². The van der Waals surface area contributed by atoms with Crippen molar-refractivity contribution in [3.63, 3.8) is 0 Å². The Morgan fingerprint density at radius 3 is 2.88 bits per heavy atom. The zero-order chi connectivity index (χ0) is 12.4. The molecule has 0 saturated heterocycles. The van der Waals surface area contributed by atoms with Crippen LogP contribution in [0.15, 0.2) is 18.2 Å². The molecule has 0 aromatic heterocycles. The van der Waals surface area contributed by atoms with Gasteiger partial charge in [-0.15, -0.1) is 0 Å². The summed E-state index contributed by atoms with van der Waals surface area (Å²) in [6.07, 6.45) is 1.15. The molecule has 17 heavy (non-hydrogen) atoms. The number of fused-ring (bicyclic) bond motifs is 1. The van der Waals surface area contributed by atoms with Crippen molar-refractivity contribution in [2.75, 3.05) is 5.32 Å². The summed E-state index contributed by atoms with van der Waals surface area (Å²) in [5.74, 6) is 0.664. The molecule has 0 radical (unpaired) electrons. The van der Waals surface area contributed by atoms with Crippen molar-refractivity contribution in [1.82, 2.24) is 5.32 Å². The number of carbonyl (C=O) groups is 1.